The van der Waals surface area contributed by atoms with E-state index in [2.05, 4.69) is 10.0 Å². The van der Waals surface area contributed by atoms with Gasteiger partial charge in [-0.2, -0.15) is 0 Å². The molecule has 0 radical (unpaired) electrons. The summed E-state index contributed by atoms with van der Waals surface area (Å²) in [4.78, 5) is 2.57. The lowest BCUT2D eigenvalue weighted by atomic mass is 10.2. The molecule has 0 bridgehead atoms. The minimum Gasteiger partial charge on any atom is -0.207 e. The molecule has 15 heavy (non-hydrogen) atoms. The number of halogens is 3. The molecule has 1 aromatic carbocycles. The monoisotopic (exact) mass is 245 g/mol. The highest BCUT2D eigenvalue weighted by Crippen LogP contribution is 2.27. The summed E-state index contributed by atoms with van der Waals surface area (Å²) in [6, 6.07) is 2.33. The Morgan fingerprint density at radius 2 is 2.00 bits per heavy atom. The standard InChI is InChI=1S/C9H6Cl2FN3/c10-8-4-6(12)5-9(11)7(8)2-1-3-14-15-13/h1-2,4-5H,3H2. The summed E-state index contributed by atoms with van der Waals surface area (Å²) in [5.41, 5.74) is 8.54. The highest BCUT2D eigenvalue weighted by atomic mass is 35.5. The molecule has 0 heterocycles. The molecular formula is C9H6Cl2FN3. The number of rotatable bonds is 3. The quantitative estimate of drug-likeness (QED) is 0.429. The van der Waals surface area contributed by atoms with Gasteiger partial charge in [0.1, 0.15) is 5.82 Å². The first-order valence-corrected chi connectivity index (χ1v) is 4.72. The summed E-state index contributed by atoms with van der Waals surface area (Å²) in [5, 5.41) is 3.74. The first kappa shape index (κ1) is 11.9. The van der Waals surface area contributed by atoms with Gasteiger partial charge in [-0.3, -0.25) is 0 Å². The van der Waals surface area contributed by atoms with E-state index >= 15 is 0 Å². The van der Waals surface area contributed by atoms with E-state index < -0.39 is 5.82 Å². The van der Waals surface area contributed by atoms with E-state index in [9.17, 15) is 4.39 Å². The fourth-order valence-electron chi connectivity index (χ4n) is 0.967. The van der Waals surface area contributed by atoms with Crippen molar-refractivity contribution in [2.45, 2.75) is 0 Å². The van der Waals surface area contributed by atoms with E-state index in [0.29, 0.717) is 5.56 Å². The van der Waals surface area contributed by atoms with Crippen molar-refractivity contribution in [3.8, 4) is 0 Å². The number of benzene rings is 1. The van der Waals surface area contributed by atoms with Crippen molar-refractivity contribution in [2.24, 2.45) is 5.11 Å². The van der Waals surface area contributed by atoms with Crippen LogP contribution in [0.15, 0.2) is 23.3 Å². The van der Waals surface area contributed by atoms with E-state index in [1.807, 2.05) is 0 Å². The maximum Gasteiger partial charge on any atom is 0.126 e. The molecular weight excluding hydrogens is 240 g/mol. The zero-order valence-corrected chi connectivity index (χ0v) is 9.00. The van der Waals surface area contributed by atoms with Gasteiger partial charge >= 0.3 is 0 Å². The first-order chi connectivity index (χ1) is 7.15. The van der Waals surface area contributed by atoms with Crippen LogP contribution in [0.2, 0.25) is 10.0 Å². The molecule has 0 fully saturated rings. The van der Waals surface area contributed by atoms with Crippen LogP contribution in [-0.2, 0) is 0 Å². The van der Waals surface area contributed by atoms with Crippen molar-refractivity contribution in [1.29, 1.82) is 0 Å². The van der Waals surface area contributed by atoms with Gasteiger partial charge in [0.15, 0.2) is 0 Å². The number of azide groups is 1. The van der Waals surface area contributed by atoms with Gasteiger partial charge in [-0.05, 0) is 17.7 Å². The van der Waals surface area contributed by atoms with E-state index in [0.717, 1.165) is 0 Å². The Kier molecular flexibility index (Phi) is 4.43. The molecule has 6 heteroatoms. The molecule has 0 amide bonds. The zero-order chi connectivity index (χ0) is 11.3. The molecule has 1 aromatic rings. The summed E-state index contributed by atoms with van der Waals surface area (Å²) in [6.07, 6.45) is 3.17. The summed E-state index contributed by atoms with van der Waals surface area (Å²) in [5.74, 6) is -0.489. The van der Waals surface area contributed by atoms with E-state index in [-0.39, 0.29) is 16.6 Å². The molecule has 3 nitrogen and oxygen atoms in total. The van der Waals surface area contributed by atoms with Crippen LogP contribution >= 0.6 is 23.2 Å². The lowest BCUT2D eigenvalue weighted by Gasteiger charge is -2.01. The molecule has 0 aliphatic rings. The van der Waals surface area contributed by atoms with Crippen LogP contribution in [0.1, 0.15) is 5.56 Å². The third-order valence-corrected chi connectivity index (χ3v) is 2.20. The van der Waals surface area contributed by atoms with E-state index in [1.54, 1.807) is 12.2 Å². The van der Waals surface area contributed by atoms with Crippen molar-refractivity contribution in [1.82, 2.24) is 0 Å². The second-order valence-corrected chi connectivity index (χ2v) is 3.41. The Morgan fingerprint density at radius 1 is 1.40 bits per heavy atom. The van der Waals surface area contributed by atoms with Crippen LogP contribution in [0.4, 0.5) is 4.39 Å². The molecule has 0 unspecified atom stereocenters. The largest absolute Gasteiger partial charge is 0.207 e. The minimum absolute atomic E-state index is 0.195. The fraction of sp³-hybridized carbons (Fsp3) is 0.111. The van der Waals surface area contributed by atoms with Gasteiger partial charge in [0.2, 0.25) is 0 Å². The second kappa shape index (κ2) is 5.61. The maximum absolute atomic E-state index is 12.8. The molecule has 0 spiro atoms. The summed E-state index contributed by atoms with van der Waals surface area (Å²) in [7, 11) is 0. The highest BCUT2D eigenvalue weighted by molar-refractivity contribution is 6.37. The smallest absolute Gasteiger partial charge is 0.126 e. The highest BCUT2D eigenvalue weighted by Gasteiger charge is 2.04. The van der Waals surface area contributed by atoms with Crippen LogP contribution < -0.4 is 0 Å². The van der Waals surface area contributed by atoms with Crippen molar-refractivity contribution in [3.05, 3.63) is 50.1 Å². The number of hydrogen-bond donors (Lipinski definition) is 0. The molecule has 0 aliphatic carbocycles. The maximum atomic E-state index is 12.8. The van der Waals surface area contributed by atoms with Gasteiger partial charge in [0.25, 0.3) is 0 Å². The Labute approximate surface area is 95.7 Å². The fourth-order valence-corrected chi connectivity index (χ4v) is 1.55. The van der Waals surface area contributed by atoms with Crippen molar-refractivity contribution < 1.29 is 4.39 Å². The van der Waals surface area contributed by atoms with Crippen LogP contribution in [0.3, 0.4) is 0 Å². The predicted octanol–water partition coefficient (Wildman–Crippen LogP) is 4.46. The normalized spacial score (nSPS) is 10.3. The molecule has 0 N–H and O–H groups in total. The number of nitrogens with zero attached hydrogens (tertiary/aromatic N) is 3. The van der Waals surface area contributed by atoms with Gasteiger partial charge < -0.3 is 0 Å². The van der Waals surface area contributed by atoms with Gasteiger partial charge in [-0.25, -0.2) is 4.39 Å². The molecule has 0 saturated carbocycles. The third-order valence-electron chi connectivity index (χ3n) is 1.58. The Bertz CT molecular complexity index is 416. The average Bonchev–Trinajstić information content (AvgIpc) is 2.15. The third kappa shape index (κ3) is 3.44. The Hall–Kier alpha value is -1.22. The second-order valence-electron chi connectivity index (χ2n) is 2.60. The van der Waals surface area contributed by atoms with Crippen LogP contribution in [0.5, 0.6) is 0 Å². The van der Waals surface area contributed by atoms with Gasteiger partial charge in [-0.15, -0.1) is 0 Å². The molecule has 0 atom stereocenters. The van der Waals surface area contributed by atoms with Crippen molar-refractivity contribution >= 4 is 29.3 Å². The van der Waals surface area contributed by atoms with Crippen LogP contribution in [0.25, 0.3) is 16.5 Å². The van der Waals surface area contributed by atoms with E-state index in [4.69, 9.17) is 28.7 Å². The topological polar surface area (TPSA) is 48.8 Å². The molecule has 1 rings (SSSR count). The van der Waals surface area contributed by atoms with Gasteiger partial charge in [-0.1, -0.05) is 40.5 Å². The lowest BCUT2D eigenvalue weighted by molar-refractivity contribution is 0.628. The van der Waals surface area contributed by atoms with Gasteiger partial charge in [0.05, 0.1) is 10.0 Å². The summed E-state index contributed by atoms with van der Waals surface area (Å²) >= 11 is 11.5. The lowest BCUT2D eigenvalue weighted by Crippen LogP contribution is -1.82. The molecule has 0 aliphatic heterocycles. The molecule has 0 aromatic heterocycles. The predicted molar refractivity (Wildman–Crippen MR) is 59.5 cm³/mol. The Morgan fingerprint density at radius 3 is 2.53 bits per heavy atom. The molecule has 78 valence electrons. The summed E-state index contributed by atoms with van der Waals surface area (Å²) in [6.45, 7) is 0.195. The van der Waals surface area contributed by atoms with Crippen molar-refractivity contribution in [2.75, 3.05) is 6.54 Å². The Balaban J connectivity index is 2.94. The SMILES string of the molecule is [N-]=[N+]=NCC=Cc1c(Cl)cc(F)cc1Cl. The number of hydrogen-bond acceptors (Lipinski definition) is 1. The average molecular weight is 246 g/mol. The minimum atomic E-state index is -0.489. The van der Waals surface area contributed by atoms with Gasteiger partial charge in [0, 0.05) is 17.0 Å². The summed E-state index contributed by atoms with van der Waals surface area (Å²) < 4.78 is 12.8. The van der Waals surface area contributed by atoms with E-state index in [1.165, 1.54) is 12.1 Å². The van der Waals surface area contributed by atoms with Crippen LogP contribution in [0, 0.1) is 5.82 Å². The zero-order valence-electron chi connectivity index (χ0n) is 7.49. The van der Waals surface area contributed by atoms with Crippen LogP contribution in [-0.4, -0.2) is 6.54 Å². The van der Waals surface area contributed by atoms with Crippen molar-refractivity contribution in [3.63, 3.8) is 0 Å². The molecule has 0 saturated heterocycles. The first-order valence-electron chi connectivity index (χ1n) is 3.97.